The molecule has 0 radical (unpaired) electrons. The molecule has 1 aromatic carbocycles. The molecular weight excluding hydrogens is 227 g/mol. The number of nitrogens with one attached hydrogen (secondary N) is 2. The van der Waals surface area contributed by atoms with Crippen LogP contribution in [0.5, 0.6) is 0 Å². The lowest BCUT2D eigenvalue weighted by Crippen LogP contribution is -2.40. The normalized spacial score (nSPS) is 19.0. The molecule has 1 aliphatic rings. The van der Waals surface area contributed by atoms with Crippen LogP contribution in [0, 0.1) is 5.82 Å². The van der Waals surface area contributed by atoms with Crippen LogP contribution < -0.4 is 10.6 Å². The van der Waals surface area contributed by atoms with Gasteiger partial charge in [-0.25, -0.2) is 4.39 Å². The standard InChI is InChI=1S/C11H9FN2O3/c12-7-3-1-6(2-4-7)10(16)13-8-5-9(15)14-11(8)17/h1-4,8H,5H2,(H,13,16)(H,14,15,17). The van der Waals surface area contributed by atoms with E-state index in [1.807, 2.05) is 0 Å². The number of hydrogen-bond donors (Lipinski definition) is 2. The first-order valence-electron chi connectivity index (χ1n) is 4.96. The minimum absolute atomic E-state index is 0.0637. The van der Waals surface area contributed by atoms with Gasteiger partial charge >= 0.3 is 0 Å². The summed E-state index contributed by atoms with van der Waals surface area (Å²) < 4.78 is 12.6. The first-order chi connectivity index (χ1) is 8.06. The van der Waals surface area contributed by atoms with Crippen LogP contribution >= 0.6 is 0 Å². The summed E-state index contributed by atoms with van der Waals surface area (Å²) in [4.78, 5) is 33.7. The second kappa shape index (κ2) is 4.32. The highest BCUT2D eigenvalue weighted by Gasteiger charge is 2.31. The molecule has 0 bridgehead atoms. The number of carbonyl (C=O) groups is 3. The van der Waals surface area contributed by atoms with E-state index in [0.717, 1.165) is 12.1 Å². The summed E-state index contributed by atoms with van der Waals surface area (Å²) in [6, 6.07) is 4.06. The van der Waals surface area contributed by atoms with E-state index in [0.29, 0.717) is 0 Å². The minimum atomic E-state index is -0.847. The molecule has 0 aromatic heterocycles. The summed E-state index contributed by atoms with van der Waals surface area (Å²) in [5.74, 6) is -1.90. The van der Waals surface area contributed by atoms with E-state index in [4.69, 9.17) is 0 Å². The number of amides is 3. The van der Waals surface area contributed by atoms with E-state index >= 15 is 0 Å². The third kappa shape index (κ3) is 2.47. The molecular formula is C11H9FN2O3. The zero-order chi connectivity index (χ0) is 12.4. The van der Waals surface area contributed by atoms with Crippen LogP contribution in [0.15, 0.2) is 24.3 Å². The summed E-state index contributed by atoms with van der Waals surface area (Å²) >= 11 is 0. The molecule has 1 atom stereocenters. The summed E-state index contributed by atoms with van der Waals surface area (Å²) in [7, 11) is 0. The Kier molecular flexibility index (Phi) is 2.86. The average Bonchev–Trinajstić information content (AvgIpc) is 2.58. The van der Waals surface area contributed by atoms with Crippen molar-refractivity contribution in [2.24, 2.45) is 0 Å². The predicted molar refractivity (Wildman–Crippen MR) is 55.4 cm³/mol. The molecule has 6 heteroatoms. The van der Waals surface area contributed by atoms with Gasteiger partial charge in [0.25, 0.3) is 5.91 Å². The smallest absolute Gasteiger partial charge is 0.251 e. The van der Waals surface area contributed by atoms with Crippen LogP contribution in [0.4, 0.5) is 4.39 Å². The second-order valence-electron chi connectivity index (χ2n) is 3.65. The maximum atomic E-state index is 12.6. The highest BCUT2D eigenvalue weighted by atomic mass is 19.1. The van der Waals surface area contributed by atoms with Crippen LogP contribution in [0.3, 0.4) is 0 Å². The van der Waals surface area contributed by atoms with Gasteiger partial charge in [0.15, 0.2) is 0 Å². The number of hydrogen-bond acceptors (Lipinski definition) is 3. The zero-order valence-electron chi connectivity index (χ0n) is 8.70. The summed E-state index contributed by atoms with van der Waals surface area (Å²) in [5.41, 5.74) is 0.235. The molecule has 88 valence electrons. The Labute approximate surface area is 96.0 Å². The van der Waals surface area contributed by atoms with Crippen LogP contribution in [0.2, 0.25) is 0 Å². The Morgan fingerprint density at radius 2 is 1.94 bits per heavy atom. The molecule has 1 saturated heterocycles. The third-order valence-electron chi connectivity index (χ3n) is 2.38. The molecule has 1 unspecified atom stereocenters. The Morgan fingerprint density at radius 3 is 2.47 bits per heavy atom. The summed E-state index contributed by atoms with van der Waals surface area (Å²) in [6.07, 6.45) is -0.0637. The number of imide groups is 1. The fourth-order valence-corrected chi connectivity index (χ4v) is 1.51. The van der Waals surface area contributed by atoms with Crippen molar-refractivity contribution in [3.63, 3.8) is 0 Å². The van der Waals surface area contributed by atoms with Gasteiger partial charge < -0.3 is 5.32 Å². The molecule has 3 amide bonds. The van der Waals surface area contributed by atoms with E-state index in [9.17, 15) is 18.8 Å². The lowest BCUT2D eigenvalue weighted by atomic mass is 10.2. The van der Waals surface area contributed by atoms with Gasteiger partial charge in [0.05, 0.1) is 6.42 Å². The van der Waals surface area contributed by atoms with Crippen molar-refractivity contribution in [2.45, 2.75) is 12.5 Å². The Bertz CT molecular complexity index is 484. The number of carbonyl (C=O) groups excluding carboxylic acids is 3. The second-order valence-corrected chi connectivity index (χ2v) is 3.65. The van der Waals surface area contributed by atoms with Crippen LogP contribution in [0.1, 0.15) is 16.8 Å². The van der Waals surface area contributed by atoms with E-state index in [1.165, 1.54) is 12.1 Å². The third-order valence-corrected chi connectivity index (χ3v) is 2.38. The van der Waals surface area contributed by atoms with Gasteiger partial charge in [-0.1, -0.05) is 0 Å². The zero-order valence-corrected chi connectivity index (χ0v) is 8.70. The molecule has 0 spiro atoms. The largest absolute Gasteiger partial charge is 0.340 e. The van der Waals surface area contributed by atoms with Gasteiger partial charge in [0.2, 0.25) is 11.8 Å². The van der Waals surface area contributed by atoms with Crippen molar-refractivity contribution in [2.75, 3.05) is 0 Å². The highest BCUT2D eigenvalue weighted by molar-refractivity contribution is 6.08. The Hall–Kier alpha value is -2.24. The fraction of sp³-hybridized carbons (Fsp3) is 0.182. The molecule has 5 nitrogen and oxygen atoms in total. The van der Waals surface area contributed by atoms with Crippen molar-refractivity contribution >= 4 is 17.7 Å². The van der Waals surface area contributed by atoms with E-state index in [-0.39, 0.29) is 12.0 Å². The predicted octanol–water partition coefficient (Wildman–Crippen LogP) is -0.0294. The van der Waals surface area contributed by atoms with E-state index in [2.05, 4.69) is 10.6 Å². The van der Waals surface area contributed by atoms with Gasteiger partial charge in [-0.2, -0.15) is 0 Å². The molecule has 17 heavy (non-hydrogen) atoms. The molecule has 0 saturated carbocycles. The van der Waals surface area contributed by atoms with Crippen LogP contribution in [-0.2, 0) is 9.59 Å². The first kappa shape index (κ1) is 11.3. The minimum Gasteiger partial charge on any atom is -0.340 e. The van der Waals surface area contributed by atoms with Crippen LogP contribution in [0.25, 0.3) is 0 Å². The van der Waals surface area contributed by atoms with E-state index < -0.39 is 29.6 Å². The van der Waals surface area contributed by atoms with Crippen LogP contribution in [-0.4, -0.2) is 23.8 Å². The van der Waals surface area contributed by atoms with Crippen molar-refractivity contribution < 1.29 is 18.8 Å². The van der Waals surface area contributed by atoms with E-state index in [1.54, 1.807) is 0 Å². The van der Waals surface area contributed by atoms with Crippen molar-refractivity contribution in [1.82, 2.24) is 10.6 Å². The lowest BCUT2D eigenvalue weighted by molar-refractivity contribution is -0.125. The number of rotatable bonds is 2. The highest BCUT2D eigenvalue weighted by Crippen LogP contribution is 2.06. The topological polar surface area (TPSA) is 75.3 Å². The monoisotopic (exact) mass is 236 g/mol. The molecule has 2 rings (SSSR count). The van der Waals surface area contributed by atoms with Crippen molar-refractivity contribution in [3.8, 4) is 0 Å². The van der Waals surface area contributed by atoms with Gasteiger partial charge in [0.1, 0.15) is 11.9 Å². The van der Waals surface area contributed by atoms with Gasteiger partial charge in [-0.15, -0.1) is 0 Å². The molecule has 0 aliphatic carbocycles. The molecule has 1 aromatic rings. The SMILES string of the molecule is O=C1CC(NC(=O)c2ccc(F)cc2)C(=O)N1. The quantitative estimate of drug-likeness (QED) is 0.708. The fourth-order valence-electron chi connectivity index (χ4n) is 1.51. The van der Waals surface area contributed by atoms with Gasteiger partial charge in [-0.3, -0.25) is 19.7 Å². The maximum Gasteiger partial charge on any atom is 0.251 e. The molecule has 2 N–H and O–H groups in total. The Balaban J connectivity index is 2.04. The van der Waals surface area contributed by atoms with Crippen molar-refractivity contribution in [1.29, 1.82) is 0 Å². The molecule has 1 aliphatic heterocycles. The average molecular weight is 236 g/mol. The lowest BCUT2D eigenvalue weighted by Gasteiger charge is -2.08. The molecule has 1 fully saturated rings. The maximum absolute atomic E-state index is 12.6. The number of halogens is 1. The van der Waals surface area contributed by atoms with Gasteiger partial charge in [0, 0.05) is 5.56 Å². The summed E-state index contributed by atoms with van der Waals surface area (Å²) in [6.45, 7) is 0. The first-order valence-corrected chi connectivity index (χ1v) is 4.96. The number of benzene rings is 1. The van der Waals surface area contributed by atoms with Gasteiger partial charge in [-0.05, 0) is 24.3 Å². The summed E-state index contributed by atoms with van der Waals surface area (Å²) in [5, 5.41) is 4.48. The Morgan fingerprint density at radius 1 is 1.29 bits per heavy atom. The molecule has 1 heterocycles. The van der Waals surface area contributed by atoms with Crippen molar-refractivity contribution in [3.05, 3.63) is 35.6 Å².